The average Bonchev–Trinajstić information content (AvgIpc) is 3.17. The maximum absolute atomic E-state index is 13.7. The Labute approximate surface area is 185 Å². The zero-order valence-corrected chi connectivity index (χ0v) is 17.8. The lowest BCUT2D eigenvalue weighted by Gasteiger charge is -2.32. The molecule has 8 heteroatoms. The zero-order chi connectivity index (χ0) is 22.5. The minimum absolute atomic E-state index is 0.0284. The maximum Gasteiger partial charge on any atom is 0.227 e. The SMILES string of the molecule is Cn1nc([C@@H]2CN(C(=O)Cc3ccc(F)cc3)CCO2)cc1CCOc1ccccc1F. The summed E-state index contributed by atoms with van der Waals surface area (Å²) < 4.78 is 39.9. The summed E-state index contributed by atoms with van der Waals surface area (Å²) in [5.74, 6) is -0.516. The van der Waals surface area contributed by atoms with Gasteiger partial charge in [0.25, 0.3) is 0 Å². The average molecular weight is 441 g/mol. The molecular formula is C24H25F2N3O3. The van der Waals surface area contributed by atoms with E-state index >= 15 is 0 Å². The van der Waals surface area contributed by atoms with Crippen LogP contribution in [0.5, 0.6) is 5.75 Å². The summed E-state index contributed by atoms with van der Waals surface area (Å²) in [5.41, 5.74) is 2.44. The first kappa shape index (κ1) is 22.0. The Kier molecular flexibility index (Phi) is 6.80. The maximum atomic E-state index is 13.7. The van der Waals surface area contributed by atoms with E-state index in [-0.39, 0.29) is 35.8 Å². The molecule has 6 nitrogen and oxygen atoms in total. The van der Waals surface area contributed by atoms with E-state index in [0.717, 1.165) is 17.0 Å². The molecule has 1 aromatic heterocycles. The second kappa shape index (κ2) is 9.91. The van der Waals surface area contributed by atoms with Crippen molar-refractivity contribution in [2.45, 2.75) is 18.9 Å². The number of rotatable bonds is 7. The first-order valence-corrected chi connectivity index (χ1v) is 10.5. The van der Waals surface area contributed by atoms with Gasteiger partial charge in [-0.1, -0.05) is 24.3 Å². The van der Waals surface area contributed by atoms with E-state index in [1.54, 1.807) is 39.9 Å². The Bertz CT molecular complexity index is 1070. The predicted molar refractivity (Wildman–Crippen MR) is 114 cm³/mol. The Hall–Kier alpha value is -3.26. The van der Waals surface area contributed by atoms with Crippen molar-refractivity contribution in [3.05, 3.63) is 83.2 Å². The van der Waals surface area contributed by atoms with Gasteiger partial charge >= 0.3 is 0 Å². The summed E-state index contributed by atoms with van der Waals surface area (Å²) >= 11 is 0. The summed E-state index contributed by atoms with van der Waals surface area (Å²) in [5, 5.41) is 4.55. The number of carbonyl (C=O) groups excluding carboxylic acids is 1. The number of benzene rings is 2. The summed E-state index contributed by atoms with van der Waals surface area (Å²) in [6, 6.07) is 14.2. The largest absolute Gasteiger partial charge is 0.490 e. The normalized spacial score (nSPS) is 16.2. The minimum atomic E-state index is -0.390. The number of amides is 1. The summed E-state index contributed by atoms with van der Waals surface area (Å²) in [6.07, 6.45) is 0.444. The second-order valence-electron chi connectivity index (χ2n) is 7.72. The molecule has 0 saturated carbocycles. The molecule has 0 N–H and O–H groups in total. The van der Waals surface area contributed by atoms with Gasteiger partial charge in [0.15, 0.2) is 11.6 Å². The fourth-order valence-electron chi connectivity index (χ4n) is 3.69. The highest BCUT2D eigenvalue weighted by molar-refractivity contribution is 5.78. The standard InChI is InChI=1S/C24H25F2N3O3/c1-28-19(10-12-31-22-5-3-2-4-20(22)26)15-21(27-28)23-16-29(11-13-32-23)24(30)14-17-6-8-18(25)9-7-17/h2-9,15,23H,10-14,16H2,1H3/t23-/m0/s1. The lowest BCUT2D eigenvalue weighted by molar-refractivity contribution is -0.138. The quantitative estimate of drug-likeness (QED) is 0.564. The highest BCUT2D eigenvalue weighted by atomic mass is 19.1. The topological polar surface area (TPSA) is 56.6 Å². The molecule has 1 atom stereocenters. The van der Waals surface area contributed by atoms with Crippen molar-refractivity contribution in [1.29, 1.82) is 0 Å². The summed E-state index contributed by atoms with van der Waals surface area (Å²) in [6.45, 7) is 1.64. The smallest absolute Gasteiger partial charge is 0.227 e. The van der Waals surface area contributed by atoms with Crippen LogP contribution in [0.1, 0.15) is 23.1 Å². The van der Waals surface area contributed by atoms with Gasteiger partial charge in [0.05, 0.1) is 31.9 Å². The predicted octanol–water partition coefficient (Wildman–Crippen LogP) is 3.46. The van der Waals surface area contributed by atoms with Crippen molar-refractivity contribution >= 4 is 5.91 Å². The lowest BCUT2D eigenvalue weighted by Crippen LogP contribution is -2.43. The molecule has 1 saturated heterocycles. The number of hydrogen-bond donors (Lipinski definition) is 0. The monoisotopic (exact) mass is 441 g/mol. The van der Waals surface area contributed by atoms with E-state index in [1.807, 2.05) is 13.1 Å². The summed E-state index contributed by atoms with van der Waals surface area (Å²) in [7, 11) is 1.84. The van der Waals surface area contributed by atoms with Crippen molar-refractivity contribution in [3.8, 4) is 5.75 Å². The Morgan fingerprint density at radius 1 is 1.19 bits per heavy atom. The number of halogens is 2. The van der Waals surface area contributed by atoms with E-state index < -0.39 is 0 Å². The van der Waals surface area contributed by atoms with Crippen LogP contribution in [-0.2, 0) is 29.4 Å². The number of hydrogen-bond acceptors (Lipinski definition) is 4. The Balaban J connectivity index is 1.34. The second-order valence-corrected chi connectivity index (χ2v) is 7.72. The molecule has 0 unspecified atom stereocenters. The zero-order valence-electron chi connectivity index (χ0n) is 17.8. The molecule has 3 aromatic rings. The summed E-state index contributed by atoms with van der Waals surface area (Å²) in [4.78, 5) is 14.5. The number of nitrogens with zero attached hydrogens (tertiary/aromatic N) is 3. The van der Waals surface area contributed by atoms with Gasteiger partial charge in [-0.05, 0) is 35.9 Å². The van der Waals surface area contributed by atoms with Gasteiger partial charge in [-0.3, -0.25) is 9.48 Å². The van der Waals surface area contributed by atoms with E-state index in [4.69, 9.17) is 9.47 Å². The lowest BCUT2D eigenvalue weighted by atomic mass is 10.1. The number of aryl methyl sites for hydroxylation is 1. The van der Waals surface area contributed by atoms with E-state index in [2.05, 4.69) is 5.10 Å². The molecule has 4 rings (SSSR count). The third-order valence-electron chi connectivity index (χ3n) is 5.47. The van der Waals surface area contributed by atoms with E-state index in [1.165, 1.54) is 18.2 Å². The van der Waals surface area contributed by atoms with Crippen LogP contribution in [0, 0.1) is 11.6 Å². The molecule has 0 radical (unpaired) electrons. The van der Waals surface area contributed by atoms with Crippen LogP contribution in [0.4, 0.5) is 8.78 Å². The molecule has 1 aliphatic heterocycles. The molecule has 32 heavy (non-hydrogen) atoms. The van der Waals surface area contributed by atoms with Crippen LogP contribution in [0.3, 0.4) is 0 Å². The Morgan fingerprint density at radius 2 is 1.97 bits per heavy atom. The van der Waals surface area contributed by atoms with E-state index in [9.17, 15) is 13.6 Å². The van der Waals surface area contributed by atoms with Crippen LogP contribution in [0.25, 0.3) is 0 Å². The van der Waals surface area contributed by atoms with Crippen LogP contribution in [0.2, 0.25) is 0 Å². The van der Waals surface area contributed by atoms with Gasteiger partial charge in [0.2, 0.25) is 5.91 Å². The molecule has 1 fully saturated rings. The number of aromatic nitrogens is 2. The third-order valence-corrected chi connectivity index (χ3v) is 5.47. The van der Waals surface area contributed by atoms with Gasteiger partial charge in [-0.2, -0.15) is 5.10 Å². The highest BCUT2D eigenvalue weighted by Crippen LogP contribution is 2.23. The van der Waals surface area contributed by atoms with Crippen molar-refractivity contribution < 1.29 is 23.0 Å². The van der Waals surface area contributed by atoms with Crippen molar-refractivity contribution in [1.82, 2.24) is 14.7 Å². The number of carbonyl (C=O) groups is 1. The molecule has 1 aliphatic rings. The third kappa shape index (κ3) is 5.31. The molecule has 0 aliphatic carbocycles. The fraction of sp³-hybridized carbons (Fsp3) is 0.333. The van der Waals surface area contributed by atoms with Crippen LogP contribution < -0.4 is 4.74 Å². The molecule has 1 amide bonds. The number of ether oxygens (including phenoxy) is 2. The molecule has 2 heterocycles. The molecule has 0 spiro atoms. The Morgan fingerprint density at radius 3 is 2.75 bits per heavy atom. The van der Waals surface area contributed by atoms with Gasteiger partial charge < -0.3 is 14.4 Å². The van der Waals surface area contributed by atoms with Crippen LogP contribution >= 0.6 is 0 Å². The molecular weight excluding hydrogens is 416 g/mol. The fourth-order valence-corrected chi connectivity index (χ4v) is 3.69. The first-order chi connectivity index (χ1) is 15.5. The number of para-hydroxylation sites is 1. The van der Waals surface area contributed by atoms with Crippen LogP contribution in [-0.4, -0.2) is 46.9 Å². The van der Waals surface area contributed by atoms with Crippen molar-refractivity contribution in [3.63, 3.8) is 0 Å². The van der Waals surface area contributed by atoms with Crippen LogP contribution in [0.15, 0.2) is 54.6 Å². The molecule has 168 valence electrons. The number of morpholine rings is 1. The van der Waals surface area contributed by atoms with Gasteiger partial charge in [0, 0.05) is 25.7 Å². The van der Waals surface area contributed by atoms with E-state index in [0.29, 0.717) is 32.7 Å². The minimum Gasteiger partial charge on any atom is -0.490 e. The molecule has 0 bridgehead atoms. The highest BCUT2D eigenvalue weighted by Gasteiger charge is 2.27. The first-order valence-electron chi connectivity index (χ1n) is 10.5. The molecule has 2 aromatic carbocycles. The van der Waals surface area contributed by atoms with Crippen molar-refractivity contribution in [2.24, 2.45) is 7.05 Å². The van der Waals surface area contributed by atoms with Gasteiger partial charge in [-0.25, -0.2) is 8.78 Å². The van der Waals surface area contributed by atoms with Gasteiger partial charge in [0.1, 0.15) is 11.9 Å². The van der Waals surface area contributed by atoms with Gasteiger partial charge in [-0.15, -0.1) is 0 Å². The van der Waals surface area contributed by atoms with Crippen molar-refractivity contribution in [2.75, 3.05) is 26.3 Å².